The van der Waals surface area contributed by atoms with E-state index in [1.54, 1.807) is 0 Å². The first-order chi connectivity index (χ1) is 4.33. The van der Waals surface area contributed by atoms with Gasteiger partial charge in [-0.25, -0.2) is 4.79 Å². The second-order valence-corrected chi connectivity index (χ2v) is 1.85. The number of cyclic esters (lactones) is 1. The van der Waals surface area contributed by atoms with E-state index in [1.807, 2.05) is 6.92 Å². The van der Waals surface area contributed by atoms with Gasteiger partial charge in [-0.3, -0.25) is 4.84 Å². The quantitative estimate of drug-likeness (QED) is 0.561. The molecule has 1 amide bonds. The van der Waals surface area contributed by atoms with Crippen LogP contribution in [0, 0.1) is 0 Å². The highest BCUT2D eigenvalue weighted by atomic mass is 16.7. The fourth-order valence-corrected chi connectivity index (χ4v) is 0.604. The number of amides is 1. The fraction of sp³-hybridized carbons (Fsp3) is 0.800. The summed E-state index contributed by atoms with van der Waals surface area (Å²) in [6.45, 7) is 2.38. The molecule has 1 aliphatic rings. The molecule has 1 saturated heterocycles. The number of hydroxylamine groups is 1. The number of carbonyl (C=O) groups is 1. The van der Waals surface area contributed by atoms with Crippen molar-refractivity contribution >= 4 is 6.09 Å². The summed E-state index contributed by atoms with van der Waals surface area (Å²) < 4.78 is 4.76. The maximum atomic E-state index is 10.4. The smallest absolute Gasteiger partial charge is 0.431 e. The normalized spacial score (nSPS) is 26.8. The van der Waals surface area contributed by atoms with Crippen LogP contribution >= 0.6 is 0 Å². The van der Waals surface area contributed by atoms with Gasteiger partial charge in [0.15, 0.2) is 0 Å². The van der Waals surface area contributed by atoms with Crippen LogP contribution in [-0.4, -0.2) is 18.8 Å². The zero-order valence-electron chi connectivity index (χ0n) is 5.22. The maximum Gasteiger partial charge on any atom is 0.431 e. The van der Waals surface area contributed by atoms with Crippen LogP contribution in [0.25, 0.3) is 0 Å². The molecule has 0 radical (unpaired) electrons. The topological polar surface area (TPSA) is 47.6 Å². The Labute approximate surface area is 53.1 Å². The molecule has 0 saturated carbocycles. The van der Waals surface area contributed by atoms with Gasteiger partial charge in [0.25, 0.3) is 0 Å². The molecule has 1 N–H and O–H groups in total. The van der Waals surface area contributed by atoms with Gasteiger partial charge >= 0.3 is 6.09 Å². The molecule has 0 aromatic carbocycles. The van der Waals surface area contributed by atoms with Crippen molar-refractivity contribution in [1.29, 1.82) is 0 Å². The van der Waals surface area contributed by atoms with Crippen molar-refractivity contribution in [3.63, 3.8) is 0 Å². The van der Waals surface area contributed by atoms with E-state index in [9.17, 15) is 4.79 Å². The molecule has 0 aliphatic carbocycles. The average Bonchev–Trinajstić information content (AvgIpc) is 1.88. The molecule has 0 spiro atoms. The summed E-state index contributed by atoms with van der Waals surface area (Å²) in [6, 6.07) is 0. The molecule has 4 nitrogen and oxygen atoms in total. The number of carbonyl (C=O) groups excluding carboxylic acids is 1. The SMILES string of the molecule is CCC1CONC(=O)O1. The molecule has 1 heterocycles. The Bertz CT molecular complexity index is 115. The molecule has 1 fully saturated rings. The Morgan fingerprint density at radius 2 is 2.67 bits per heavy atom. The highest BCUT2D eigenvalue weighted by molar-refractivity contribution is 5.66. The van der Waals surface area contributed by atoms with Gasteiger partial charge in [-0.2, -0.15) is 5.48 Å². The summed E-state index contributed by atoms with van der Waals surface area (Å²) >= 11 is 0. The van der Waals surface area contributed by atoms with E-state index in [1.165, 1.54) is 0 Å². The Morgan fingerprint density at radius 3 is 3.11 bits per heavy atom. The lowest BCUT2D eigenvalue weighted by molar-refractivity contribution is -0.0735. The number of hydrogen-bond donors (Lipinski definition) is 1. The minimum absolute atomic E-state index is 0.0706. The van der Waals surface area contributed by atoms with Crippen LogP contribution in [-0.2, 0) is 9.57 Å². The highest BCUT2D eigenvalue weighted by Crippen LogP contribution is 2.02. The molecule has 1 rings (SSSR count). The van der Waals surface area contributed by atoms with Gasteiger partial charge in [0, 0.05) is 0 Å². The van der Waals surface area contributed by atoms with E-state index in [0.29, 0.717) is 6.61 Å². The van der Waals surface area contributed by atoms with Gasteiger partial charge in [-0.1, -0.05) is 6.92 Å². The summed E-state index contributed by atoms with van der Waals surface area (Å²) in [6.07, 6.45) is 0.236. The molecular weight excluding hydrogens is 122 g/mol. The van der Waals surface area contributed by atoms with Crippen LogP contribution in [0.15, 0.2) is 0 Å². The zero-order chi connectivity index (χ0) is 6.69. The monoisotopic (exact) mass is 131 g/mol. The standard InChI is InChI=1S/C5H9NO3/c1-2-4-3-8-6-5(7)9-4/h4H,2-3H2,1H3,(H,6,7). The van der Waals surface area contributed by atoms with E-state index in [4.69, 9.17) is 4.74 Å². The number of hydrogen-bond acceptors (Lipinski definition) is 3. The maximum absolute atomic E-state index is 10.4. The Kier molecular flexibility index (Phi) is 1.89. The van der Waals surface area contributed by atoms with E-state index in [2.05, 4.69) is 10.3 Å². The first-order valence-electron chi connectivity index (χ1n) is 2.91. The lowest BCUT2D eigenvalue weighted by Crippen LogP contribution is -2.39. The minimum Gasteiger partial charge on any atom is -0.442 e. The molecule has 0 aromatic heterocycles. The first kappa shape index (κ1) is 6.35. The van der Waals surface area contributed by atoms with Crippen molar-refractivity contribution in [3.8, 4) is 0 Å². The van der Waals surface area contributed by atoms with Gasteiger partial charge in [0.2, 0.25) is 0 Å². The van der Waals surface area contributed by atoms with Crippen molar-refractivity contribution in [3.05, 3.63) is 0 Å². The summed E-state index contributed by atoms with van der Waals surface area (Å²) in [4.78, 5) is 15.0. The third-order valence-corrected chi connectivity index (χ3v) is 1.15. The molecule has 4 heteroatoms. The van der Waals surface area contributed by atoms with E-state index >= 15 is 0 Å². The Balaban J connectivity index is 2.32. The third-order valence-electron chi connectivity index (χ3n) is 1.15. The van der Waals surface area contributed by atoms with Crippen molar-refractivity contribution in [1.82, 2.24) is 5.48 Å². The van der Waals surface area contributed by atoms with Crippen LogP contribution < -0.4 is 5.48 Å². The lowest BCUT2D eigenvalue weighted by atomic mass is 10.3. The molecule has 1 atom stereocenters. The number of ether oxygens (including phenoxy) is 1. The Morgan fingerprint density at radius 1 is 1.89 bits per heavy atom. The highest BCUT2D eigenvalue weighted by Gasteiger charge is 2.17. The van der Waals surface area contributed by atoms with Gasteiger partial charge < -0.3 is 4.74 Å². The van der Waals surface area contributed by atoms with Gasteiger partial charge in [-0.05, 0) is 6.42 Å². The van der Waals surface area contributed by atoms with E-state index in [0.717, 1.165) is 6.42 Å². The summed E-state index contributed by atoms with van der Waals surface area (Å²) in [5.41, 5.74) is 2.09. The summed E-state index contributed by atoms with van der Waals surface area (Å²) in [5.74, 6) is 0. The zero-order valence-corrected chi connectivity index (χ0v) is 5.22. The van der Waals surface area contributed by atoms with Crippen LogP contribution in [0.5, 0.6) is 0 Å². The van der Waals surface area contributed by atoms with E-state index < -0.39 is 6.09 Å². The second kappa shape index (κ2) is 2.68. The molecule has 1 aliphatic heterocycles. The van der Waals surface area contributed by atoms with Crippen molar-refractivity contribution in [2.24, 2.45) is 0 Å². The first-order valence-corrected chi connectivity index (χ1v) is 2.91. The van der Waals surface area contributed by atoms with Crippen LogP contribution in [0.2, 0.25) is 0 Å². The third kappa shape index (κ3) is 1.57. The number of rotatable bonds is 1. The van der Waals surface area contributed by atoms with Crippen LogP contribution in [0.1, 0.15) is 13.3 Å². The molecule has 0 aromatic rings. The van der Waals surface area contributed by atoms with Gasteiger partial charge in [0.05, 0.1) is 0 Å². The summed E-state index contributed by atoms with van der Waals surface area (Å²) in [5, 5.41) is 0. The minimum atomic E-state index is -0.492. The molecule has 1 unspecified atom stereocenters. The predicted octanol–water partition coefficient (Wildman–Crippen LogP) is 0.436. The van der Waals surface area contributed by atoms with Gasteiger partial charge in [0.1, 0.15) is 12.7 Å². The summed E-state index contributed by atoms with van der Waals surface area (Å²) in [7, 11) is 0. The van der Waals surface area contributed by atoms with Crippen molar-refractivity contribution in [2.75, 3.05) is 6.61 Å². The molecular formula is C5H9NO3. The van der Waals surface area contributed by atoms with E-state index in [-0.39, 0.29) is 6.10 Å². The molecule has 0 bridgehead atoms. The average molecular weight is 131 g/mol. The van der Waals surface area contributed by atoms with Crippen molar-refractivity contribution in [2.45, 2.75) is 19.4 Å². The predicted molar refractivity (Wildman–Crippen MR) is 29.6 cm³/mol. The Hall–Kier alpha value is -0.770. The number of nitrogens with one attached hydrogen (secondary N) is 1. The molecule has 9 heavy (non-hydrogen) atoms. The van der Waals surface area contributed by atoms with Crippen molar-refractivity contribution < 1.29 is 14.4 Å². The fourth-order valence-electron chi connectivity index (χ4n) is 0.604. The van der Waals surface area contributed by atoms with Gasteiger partial charge in [-0.15, -0.1) is 0 Å². The van der Waals surface area contributed by atoms with Crippen LogP contribution in [0.4, 0.5) is 4.79 Å². The van der Waals surface area contributed by atoms with Crippen LogP contribution in [0.3, 0.4) is 0 Å². The second-order valence-electron chi connectivity index (χ2n) is 1.85. The molecule has 52 valence electrons. The largest absolute Gasteiger partial charge is 0.442 e. The lowest BCUT2D eigenvalue weighted by Gasteiger charge is -2.20.